The summed E-state index contributed by atoms with van der Waals surface area (Å²) in [5, 5.41) is 3.32. The summed E-state index contributed by atoms with van der Waals surface area (Å²) in [6.07, 6.45) is 0. The van der Waals surface area contributed by atoms with Gasteiger partial charge in [0.2, 0.25) is 0 Å². The number of hydrogen-bond donors (Lipinski definition) is 1. The number of carbonyl (C=O) groups is 1. The molecule has 0 radical (unpaired) electrons. The molecule has 0 unspecified atom stereocenters. The molecule has 18 heavy (non-hydrogen) atoms. The van der Waals surface area contributed by atoms with Gasteiger partial charge in [0.15, 0.2) is 6.54 Å². The number of esters is 1. The van der Waals surface area contributed by atoms with E-state index < -0.39 is 0 Å². The van der Waals surface area contributed by atoms with Crippen LogP contribution < -0.4 is 9.88 Å². The molecule has 0 amide bonds. The van der Waals surface area contributed by atoms with Gasteiger partial charge < -0.3 is 4.74 Å². The summed E-state index contributed by atoms with van der Waals surface area (Å²) in [5.74, 6) is 0.791. The van der Waals surface area contributed by atoms with Gasteiger partial charge in [-0.05, 0) is 19.1 Å². The van der Waals surface area contributed by atoms with Crippen molar-refractivity contribution in [2.24, 2.45) is 0 Å². The molecule has 5 nitrogen and oxygen atoms in total. The van der Waals surface area contributed by atoms with Gasteiger partial charge in [0, 0.05) is 0 Å². The Balaban J connectivity index is 2.07. The average Bonchev–Trinajstić information content (AvgIpc) is 2.93. The van der Waals surface area contributed by atoms with E-state index in [0.29, 0.717) is 6.61 Å². The summed E-state index contributed by atoms with van der Waals surface area (Å²) >= 11 is 0. The van der Waals surface area contributed by atoms with E-state index in [0.717, 1.165) is 30.1 Å². The Kier molecular flexibility index (Phi) is 2.66. The van der Waals surface area contributed by atoms with Crippen LogP contribution in [-0.2, 0) is 22.6 Å². The molecule has 1 aliphatic rings. The lowest BCUT2D eigenvalue weighted by atomic mass is 10.3. The van der Waals surface area contributed by atoms with Gasteiger partial charge in [-0.15, -0.1) is 0 Å². The zero-order valence-electron chi connectivity index (χ0n) is 10.3. The Morgan fingerprint density at radius 3 is 3.17 bits per heavy atom. The molecule has 0 aliphatic carbocycles. The van der Waals surface area contributed by atoms with Crippen LogP contribution in [0, 0.1) is 0 Å². The van der Waals surface area contributed by atoms with Crippen molar-refractivity contribution in [2.45, 2.75) is 20.0 Å². The fourth-order valence-corrected chi connectivity index (χ4v) is 2.49. The molecular weight excluding hydrogens is 230 g/mol. The summed E-state index contributed by atoms with van der Waals surface area (Å²) in [4.78, 5) is 11.7. The number of aromatic nitrogens is 2. The number of fused-ring (bicyclic) bond motifs is 3. The number of nitrogens with one attached hydrogen (secondary N) is 1. The first-order chi connectivity index (χ1) is 8.81. The molecule has 2 aromatic rings. The number of benzene rings is 1. The maximum Gasteiger partial charge on any atom is 0.359 e. The van der Waals surface area contributed by atoms with Gasteiger partial charge in [0.1, 0.15) is 17.6 Å². The SMILES string of the molecule is CCOC(=O)Cn1c2[n+](c3ccccc31)CCN2. The quantitative estimate of drug-likeness (QED) is 0.647. The van der Waals surface area contributed by atoms with Gasteiger partial charge in [-0.1, -0.05) is 12.1 Å². The highest BCUT2D eigenvalue weighted by atomic mass is 16.5. The van der Waals surface area contributed by atoms with Crippen LogP contribution in [0.25, 0.3) is 11.0 Å². The number of nitrogens with zero attached hydrogens (tertiary/aromatic N) is 2. The molecule has 0 saturated heterocycles. The summed E-state index contributed by atoms with van der Waals surface area (Å²) in [5.41, 5.74) is 2.22. The monoisotopic (exact) mass is 246 g/mol. The highest BCUT2D eigenvalue weighted by Crippen LogP contribution is 2.20. The molecule has 0 spiro atoms. The predicted molar refractivity (Wildman–Crippen MR) is 67.3 cm³/mol. The molecule has 5 heteroatoms. The van der Waals surface area contributed by atoms with E-state index in [-0.39, 0.29) is 12.5 Å². The lowest BCUT2D eigenvalue weighted by molar-refractivity contribution is -0.644. The fraction of sp³-hybridized carbons (Fsp3) is 0.385. The molecule has 94 valence electrons. The molecule has 1 aliphatic heterocycles. The maximum atomic E-state index is 11.7. The summed E-state index contributed by atoms with van der Waals surface area (Å²) in [7, 11) is 0. The largest absolute Gasteiger partial charge is 0.464 e. The van der Waals surface area contributed by atoms with Gasteiger partial charge >= 0.3 is 11.9 Å². The number of para-hydroxylation sites is 2. The Morgan fingerprint density at radius 2 is 2.33 bits per heavy atom. The van der Waals surface area contributed by atoms with E-state index in [1.165, 1.54) is 0 Å². The number of anilines is 1. The van der Waals surface area contributed by atoms with Crippen LogP contribution in [0.15, 0.2) is 24.3 Å². The van der Waals surface area contributed by atoms with Crippen molar-refractivity contribution in [1.29, 1.82) is 0 Å². The van der Waals surface area contributed by atoms with Crippen molar-refractivity contribution in [3.05, 3.63) is 24.3 Å². The predicted octanol–water partition coefficient (Wildman–Crippen LogP) is 0.917. The molecule has 2 heterocycles. The second-order valence-corrected chi connectivity index (χ2v) is 4.28. The lowest BCUT2D eigenvalue weighted by Crippen LogP contribution is -2.29. The molecule has 1 N–H and O–H groups in total. The maximum absolute atomic E-state index is 11.7. The first-order valence-corrected chi connectivity index (χ1v) is 6.22. The molecular formula is C13H16N3O2+. The third kappa shape index (κ3) is 1.63. The van der Waals surface area contributed by atoms with Crippen molar-refractivity contribution in [2.75, 3.05) is 18.5 Å². The Bertz CT molecular complexity index is 604. The van der Waals surface area contributed by atoms with Gasteiger partial charge in [0.25, 0.3) is 0 Å². The van der Waals surface area contributed by atoms with E-state index in [2.05, 4.69) is 16.0 Å². The van der Waals surface area contributed by atoms with Crippen LogP contribution >= 0.6 is 0 Å². The van der Waals surface area contributed by atoms with Crippen molar-refractivity contribution in [1.82, 2.24) is 4.57 Å². The average molecular weight is 246 g/mol. The van der Waals surface area contributed by atoms with Crippen LogP contribution in [-0.4, -0.2) is 23.7 Å². The molecule has 0 fully saturated rings. The smallest absolute Gasteiger partial charge is 0.359 e. The number of hydrogen-bond acceptors (Lipinski definition) is 3. The Hall–Kier alpha value is -2.04. The van der Waals surface area contributed by atoms with Crippen LogP contribution in [0.2, 0.25) is 0 Å². The lowest BCUT2D eigenvalue weighted by Gasteiger charge is -2.02. The topological polar surface area (TPSA) is 47.1 Å². The summed E-state index contributed by atoms with van der Waals surface area (Å²) in [6.45, 7) is 4.34. The highest BCUT2D eigenvalue weighted by Gasteiger charge is 2.28. The highest BCUT2D eigenvalue weighted by molar-refractivity contribution is 5.78. The summed E-state index contributed by atoms with van der Waals surface area (Å²) in [6, 6.07) is 8.11. The van der Waals surface area contributed by atoms with E-state index in [9.17, 15) is 4.79 Å². The third-order valence-corrected chi connectivity index (χ3v) is 3.19. The minimum Gasteiger partial charge on any atom is -0.464 e. The van der Waals surface area contributed by atoms with Gasteiger partial charge in [-0.2, -0.15) is 0 Å². The second kappa shape index (κ2) is 4.33. The molecule has 0 saturated carbocycles. The molecule has 0 atom stereocenters. The minimum atomic E-state index is -0.199. The zero-order chi connectivity index (χ0) is 12.5. The molecule has 1 aromatic heterocycles. The molecule has 0 bridgehead atoms. The van der Waals surface area contributed by atoms with E-state index in [4.69, 9.17) is 4.74 Å². The summed E-state index contributed by atoms with van der Waals surface area (Å²) < 4.78 is 9.22. The normalized spacial score (nSPS) is 13.4. The van der Waals surface area contributed by atoms with Crippen LogP contribution in [0.1, 0.15) is 6.92 Å². The third-order valence-electron chi connectivity index (χ3n) is 3.19. The van der Waals surface area contributed by atoms with Gasteiger partial charge in [0.05, 0.1) is 13.2 Å². The Morgan fingerprint density at radius 1 is 1.50 bits per heavy atom. The van der Waals surface area contributed by atoms with Crippen LogP contribution in [0.5, 0.6) is 0 Å². The van der Waals surface area contributed by atoms with Crippen LogP contribution in [0.3, 0.4) is 0 Å². The van der Waals surface area contributed by atoms with Gasteiger partial charge in [-0.3, -0.25) is 5.32 Å². The van der Waals surface area contributed by atoms with Crippen molar-refractivity contribution >= 4 is 23.0 Å². The minimum absolute atomic E-state index is 0.199. The first kappa shape index (κ1) is 11.1. The van der Waals surface area contributed by atoms with E-state index >= 15 is 0 Å². The van der Waals surface area contributed by atoms with Gasteiger partial charge in [-0.25, -0.2) is 13.9 Å². The number of ether oxygens (including phenoxy) is 1. The van der Waals surface area contributed by atoms with Crippen molar-refractivity contribution in [3.8, 4) is 0 Å². The van der Waals surface area contributed by atoms with Crippen LogP contribution in [0.4, 0.5) is 5.95 Å². The number of rotatable bonds is 3. The van der Waals surface area contributed by atoms with Crippen molar-refractivity contribution in [3.63, 3.8) is 0 Å². The standard InChI is InChI=1S/C13H15N3O2/c1-2-18-12(17)9-16-11-6-4-3-5-10(11)15-8-7-14-13(15)16/h3-6H,2,7-9H2,1H3/p+1. The zero-order valence-corrected chi connectivity index (χ0v) is 10.3. The Labute approximate surface area is 105 Å². The first-order valence-electron chi connectivity index (χ1n) is 6.22. The molecule has 3 rings (SSSR count). The number of imidazole rings is 1. The fourth-order valence-electron chi connectivity index (χ4n) is 2.49. The van der Waals surface area contributed by atoms with Crippen molar-refractivity contribution < 1.29 is 14.1 Å². The van der Waals surface area contributed by atoms with E-state index in [1.54, 1.807) is 0 Å². The second-order valence-electron chi connectivity index (χ2n) is 4.28. The van der Waals surface area contributed by atoms with E-state index in [1.807, 2.05) is 29.7 Å². The number of carbonyl (C=O) groups excluding carboxylic acids is 1. The molecule has 1 aromatic carbocycles.